The van der Waals surface area contributed by atoms with E-state index in [4.69, 9.17) is 0 Å². The lowest BCUT2D eigenvalue weighted by Crippen LogP contribution is -2.40. The van der Waals surface area contributed by atoms with Gasteiger partial charge in [-0.05, 0) is 38.1 Å². The Morgan fingerprint density at radius 2 is 2.13 bits per heavy atom. The molecule has 0 spiro atoms. The SMILES string of the molecule is CCCC(CC)NC(=O)CNCC1CC1. The summed E-state index contributed by atoms with van der Waals surface area (Å²) in [7, 11) is 0. The van der Waals surface area contributed by atoms with Crippen LogP contribution >= 0.6 is 0 Å². The third-order valence-corrected chi connectivity index (χ3v) is 2.91. The summed E-state index contributed by atoms with van der Waals surface area (Å²) < 4.78 is 0. The van der Waals surface area contributed by atoms with Crippen molar-refractivity contribution in [3.63, 3.8) is 0 Å². The summed E-state index contributed by atoms with van der Waals surface area (Å²) in [6, 6.07) is 0.366. The molecular formula is C12H24N2O. The smallest absolute Gasteiger partial charge is 0.234 e. The number of nitrogens with one attached hydrogen (secondary N) is 2. The van der Waals surface area contributed by atoms with Gasteiger partial charge in [0.1, 0.15) is 0 Å². The molecule has 0 aromatic carbocycles. The van der Waals surface area contributed by atoms with Crippen LogP contribution < -0.4 is 10.6 Å². The van der Waals surface area contributed by atoms with Crippen molar-refractivity contribution in [1.29, 1.82) is 0 Å². The monoisotopic (exact) mass is 212 g/mol. The summed E-state index contributed by atoms with van der Waals surface area (Å²) in [5, 5.41) is 6.27. The average Bonchev–Trinajstić information content (AvgIpc) is 3.01. The van der Waals surface area contributed by atoms with Crippen LogP contribution in [0.15, 0.2) is 0 Å². The van der Waals surface area contributed by atoms with Gasteiger partial charge in [0.05, 0.1) is 6.54 Å². The molecule has 3 nitrogen and oxygen atoms in total. The first kappa shape index (κ1) is 12.5. The highest BCUT2D eigenvalue weighted by atomic mass is 16.1. The molecule has 0 aromatic rings. The fourth-order valence-electron chi connectivity index (χ4n) is 1.72. The van der Waals surface area contributed by atoms with E-state index in [1.165, 1.54) is 12.8 Å². The van der Waals surface area contributed by atoms with Gasteiger partial charge in [0.15, 0.2) is 0 Å². The summed E-state index contributed by atoms with van der Waals surface area (Å²) in [5.74, 6) is 0.992. The quantitative estimate of drug-likeness (QED) is 0.643. The van der Waals surface area contributed by atoms with Gasteiger partial charge in [0, 0.05) is 6.04 Å². The van der Waals surface area contributed by atoms with E-state index in [1.807, 2.05) is 0 Å². The van der Waals surface area contributed by atoms with Crippen LogP contribution in [0.3, 0.4) is 0 Å². The zero-order valence-corrected chi connectivity index (χ0v) is 10.0. The number of carbonyl (C=O) groups is 1. The third-order valence-electron chi connectivity index (χ3n) is 2.91. The Morgan fingerprint density at radius 3 is 2.67 bits per heavy atom. The number of amides is 1. The Balaban J connectivity index is 2.03. The second kappa shape index (κ2) is 6.83. The van der Waals surface area contributed by atoms with E-state index in [0.717, 1.165) is 31.7 Å². The second-order valence-electron chi connectivity index (χ2n) is 4.54. The second-order valence-corrected chi connectivity index (χ2v) is 4.54. The molecule has 0 radical (unpaired) electrons. The van der Waals surface area contributed by atoms with Crippen molar-refractivity contribution in [2.24, 2.45) is 5.92 Å². The standard InChI is InChI=1S/C12H24N2O/c1-3-5-11(4-2)14-12(15)9-13-8-10-6-7-10/h10-11,13H,3-9H2,1-2H3,(H,14,15). The fraction of sp³-hybridized carbons (Fsp3) is 0.917. The summed E-state index contributed by atoms with van der Waals surface area (Å²) >= 11 is 0. The molecule has 88 valence electrons. The highest BCUT2D eigenvalue weighted by Gasteiger charge is 2.20. The van der Waals surface area contributed by atoms with Crippen molar-refractivity contribution in [1.82, 2.24) is 10.6 Å². The van der Waals surface area contributed by atoms with Crippen LogP contribution in [0.25, 0.3) is 0 Å². The molecule has 1 atom stereocenters. The normalized spacial score (nSPS) is 17.5. The van der Waals surface area contributed by atoms with Gasteiger partial charge in [0.25, 0.3) is 0 Å². The van der Waals surface area contributed by atoms with Crippen LogP contribution in [0.4, 0.5) is 0 Å². The van der Waals surface area contributed by atoms with Crippen molar-refractivity contribution >= 4 is 5.91 Å². The predicted octanol–water partition coefficient (Wildman–Crippen LogP) is 1.68. The molecule has 15 heavy (non-hydrogen) atoms. The maximum atomic E-state index is 11.5. The van der Waals surface area contributed by atoms with Gasteiger partial charge in [-0.1, -0.05) is 20.3 Å². The zero-order valence-electron chi connectivity index (χ0n) is 10.0. The van der Waals surface area contributed by atoms with Crippen LogP contribution in [-0.4, -0.2) is 25.0 Å². The molecule has 0 aromatic heterocycles. The van der Waals surface area contributed by atoms with E-state index in [-0.39, 0.29) is 5.91 Å². The number of carbonyl (C=O) groups excluding carboxylic acids is 1. The molecule has 0 bridgehead atoms. The summed E-state index contributed by atoms with van der Waals surface area (Å²) in [6.45, 7) is 5.77. The summed E-state index contributed by atoms with van der Waals surface area (Å²) in [4.78, 5) is 11.5. The number of hydrogen-bond donors (Lipinski definition) is 2. The van der Waals surface area contributed by atoms with E-state index in [1.54, 1.807) is 0 Å². The Bertz CT molecular complexity index is 190. The highest BCUT2D eigenvalue weighted by molar-refractivity contribution is 5.78. The zero-order chi connectivity index (χ0) is 11.1. The van der Waals surface area contributed by atoms with Crippen molar-refractivity contribution in [2.75, 3.05) is 13.1 Å². The summed E-state index contributed by atoms with van der Waals surface area (Å²) in [6.07, 6.45) is 5.92. The Hall–Kier alpha value is -0.570. The minimum atomic E-state index is 0.149. The summed E-state index contributed by atoms with van der Waals surface area (Å²) in [5.41, 5.74) is 0. The number of rotatable bonds is 8. The van der Waals surface area contributed by atoms with Crippen LogP contribution in [0.1, 0.15) is 46.0 Å². The molecule has 1 aliphatic carbocycles. The molecule has 0 saturated heterocycles. The Kier molecular flexibility index (Phi) is 5.69. The van der Waals surface area contributed by atoms with Gasteiger partial charge in [-0.3, -0.25) is 4.79 Å². The van der Waals surface area contributed by atoms with Gasteiger partial charge in [-0.25, -0.2) is 0 Å². The molecule has 0 aliphatic heterocycles. The van der Waals surface area contributed by atoms with Crippen molar-refractivity contribution < 1.29 is 4.79 Å². The van der Waals surface area contributed by atoms with E-state index < -0.39 is 0 Å². The maximum Gasteiger partial charge on any atom is 0.234 e. The van der Waals surface area contributed by atoms with Crippen LogP contribution in [0.2, 0.25) is 0 Å². The van der Waals surface area contributed by atoms with Gasteiger partial charge < -0.3 is 10.6 Å². The molecule has 0 heterocycles. The van der Waals surface area contributed by atoms with Crippen LogP contribution in [0, 0.1) is 5.92 Å². The first-order chi connectivity index (χ1) is 7.26. The molecule has 3 heteroatoms. The molecule has 1 rings (SSSR count). The lowest BCUT2D eigenvalue weighted by atomic mass is 10.1. The third kappa shape index (κ3) is 5.78. The fourth-order valence-corrected chi connectivity index (χ4v) is 1.72. The number of hydrogen-bond acceptors (Lipinski definition) is 2. The predicted molar refractivity (Wildman–Crippen MR) is 62.7 cm³/mol. The average molecular weight is 212 g/mol. The van der Waals surface area contributed by atoms with Crippen LogP contribution in [-0.2, 0) is 4.79 Å². The van der Waals surface area contributed by atoms with E-state index >= 15 is 0 Å². The lowest BCUT2D eigenvalue weighted by molar-refractivity contribution is -0.121. The highest BCUT2D eigenvalue weighted by Crippen LogP contribution is 2.27. The van der Waals surface area contributed by atoms with Gasteiger partial charge >= 0.3 is 0 Å². The minimum Gasteiger partial charge on any atom is -0.352 e. The van der Waals surface area contributed by atoms with Crippen molar-refractivity contribution in [2.45, 2.75) is 52.0 Å². The minimum absolute atomic E-state index is 0.149. The lowest BCUT2D eigenvalue weighted by Gasteiger charge is -2.16. The molecule has 1 aliphatic rings. The van der Waals surface area contributed by atoms with Gasteiger partial charge in [-0.2, -0.15) is 0 Å². The first-order valence-corrected chi connectivity index (χ1v) is 6.26. The topological polar surface area (TPSA) is 41.1 Å². The van der Waals surface area contributed by atoms with Crippen LogP contribution in [0.5, 0.6) is 0 Å². The molecule has 1 amide bonds. The van der Waals surface area contributed by atoms with E-state index in [9.17, 15) is 4.79 Å². The maximum absolute atomic E-state index is 11.5. The van der Waals surface area contributed by atoms with Crippen molar-refractivity contribution in [3.05, 3.63) is 0 Å². The molecule has 1 unspecified atom stereocenters. The van der Waals surface area contributed by atoms with Gasteiger partial charge in [0.2, 0.25) is 5.91 Å². The Labute approximate surface area is 93.0 Å². The molecule has 1 fully saturated rings. The van der Waals surface area contributed by atoms with Gasteiger partial charge in [-0.15, -0.1) is 0 Å². The molecule has 1 saturated carbocycles. The first-order valence-electron chi connectivity index (χ1n) is 6.26. The molecular weight excluding hydrogens is 188 g/mol. The van der Waals surface area contributed by atoms with E-state index in [2.05, 4.69) is 24.5 Å². The largest absolute Gasteiger partial charge is 0.352 e. The van der Waals surface area contributed by atoms with E-state index in [0.29, 0.717) is 12.6 Å². The van der Waals surface area contributed by atoms with Crippen molar-refractivity contribution in [3.8, 4) is 0 Å². The molecule has 2 N–H and O–H groups in total. The Morgan fingerprint density at radius 1 is 1.40 bits per heavy atom.